The minimum atomic E-state index is 0.307. The Balaban J connectivity index is 2.28. The molecule has 0 spiro atoms. The summed E-state index contributed by atoms with van der Waals surface area (Å²) in [6, 6.07) is 0.437. The number of nitrogens with two attached hydrogens (primary N) is 1. The zero-order valence-electron chi connectivity index (χ0n) is 10.4. The molecule has 0 bridgehead atoms. The molecule has 1 saturated heterocycles. The zero-order valence-corrected chi connectivity index (χ0v) is 11.3. The molecule has 1 aliphatic rings. The van der Waals surface area contributed by atoms with Crippen molar-refractivity contribution in [2.45, 2.75) is 50.8 Å². The van der Waals surface area contributed by atoms with Gasteiger partial charge in [0.1, 0.15) is 0 Å². The fourth-order valence-corrected chi connectivity index (χ4v) is 2.98. The Kier molecular flexibility index (Phi) is 6.21. The van der Waals surface area contributed by atoms with Crippen molar-refractivity contribution in [2.24, 2.45) is 5.73 Å². The van der Waals surface area contributed by atoms with Crippen LogP contribution in [0.2, 0.25) is 0 Å². The Morgan fingerprint density at radius 3 is 2.94 bits per heavy atom. The second kappa shape index (κ2) is 7.17. The van der Waals surface area contributed by atoms with E-state index in [1.807, 2.05) is 4.90 Å². The van der Waals surface area contributed by atoms with Gasteiger partial charge in [0.25, 0.3) is 0 Å². The Labute approximate surface area is 103 Å². The van der Waals surface area contributed by atoms with Crippen LogP contribution in [0.5, 0.6) is 0 Å². The van der Waals surface area contributed by atoms with Gasteiger partial charge >= 0.3 is 0 Å². The highest BCUT2D eigenvalue weighted by Gasteiger charge is 2.23. The van der Waals surface area contributed by atoms with Crippen LogP contribution in [0.15, 0.2) is 0 Å². The number of hydrogen-bond donors (Lipinski definition) is 1. The first-order chi connectivity index (χ1) is 7.65. The fourth-order valence-electron chi connectivity index (χ4n) is 2.08. The van der Waals surface area contributed by atoms with Crippen LogP contribution in [0, 0.1) is 0 Å². The van der Waals surface area contributed by atoms with E-state index in [2.05, 4.69) is 13.8 Å². The van der Waals surface area contributed by atoms with Crippen molar-refractivity contribution in [1.29, 1.82) is 0 Å². The lowest BCUT2D eigenvalue weighted by Crippen LogP contribution is -2.43. The average molecular weight is 244 g/mol. The highest BCUT2D eigenvalue weighted by molar-refractivity contribution is 8.00. The highest BCUT2D eigenvalue weighted by Crippen LogP contribution is 2.19. The van der Waals surface area contributed by atoms with E-state index in [1.54, 1.807) is 11.8 Å². The Morgan fingerprint density at radius 2 is 2.31 bits per heavy atom. The van der Waals surface area contributed by atoms with Gasteiger partial charge in [-0.05, 0) is 39.2 Å². The first-order valence-electron chi connectivity index (χ1n) is 6.26. The Morgan fingerprint density at radius 1 is 1.56 bits per heavy atom. The van der Waals surface area contributed by atoms with Gasteiger partial charge in [0.2, 0.25) is 5.91 Å². The number of amides is 1. The zero-order chi connectivity index (χ0) is 12.0. The second-order valence-corrected chi connectivity index (χ2v) is 6.06. The lowest BCUT2D eigenvalue weighted by molar-refractivity contribution is -0.131. The molecule has 16 heavy (non-hydrogen) atoms. The predicted octanol–water partition coefficient (Wildman–Crippen LogP) is 1.86. The molecule has 0 aromatic heterocycles. The van der Waals surface area contributed by atoms with E-state index in [1.165, 1.54) is 12.8 Å². The van der Waals surface area contributed by atoms with Crippen LogP contribution in [-0.2, 0) is 4.79 Å². The van der Waals surface area contributed by atoms with Gasteiger partial charge in [-0.1, -0.05) is 6.92 Å². The molecule has 1 fully saturated rings. The smallest absolute Gasteiger partial charge is 0.232 e. The second-order valence-electron chi connectivity index (χ2n) is 4.63. The quantitative estimate of drug-likeness (QED) is 0.803. The number of carbonyl (C=O) groups excluding carboxylic acids is 1. The predicted molar refractivity (Wildman–Crippen MR) is 70.6 cm³/mol. The first-order valence-corrected chi connectivity index (χ1v) is 7.31. The number of rotatable bonds is 5. The van der Waals surface area contributed by atoms with Gasteiger partial charge in [-0.3, -0.25) is 4.79 Å². The van der Waals surface area contributed by atoms with Crippen LogP contribution in [-0.4, -0.2) is 40.9 Å². The van der Waals surface area contributed by atoms with Crippen LogP contribution in [0.3, 0.4) is 0 Å². The van der Waals surface area contributed by atoms with E-state index >= 15 is 0 Å². The van der Waals surface area contributed by atoms with Crippen LogP contribution in [0.25, 0.3) is 0 Å². The van der Waals surface area contributed by atoms with E-state index in [9.17, 15) is 4.79 Å². The molecule has 94 valence electrons. The van der Waals surface area contributed by atoms with Gasteiger partial charge in [0.05, 0.1) is 5.75 Å². The van der Waals surface area contributed by atoms with Crippen LogP contribution >= 0.6 is 11.8 Å². The third-order valence-electron chi connectivity index (χ3n) is 3.19. The molecule has 0 saturated carbocycles. The number of likely N-dealkylation sites (tertiary alicyclic amines) is 1. The molecule has 2 N–H and O–H groups in total. The van der Waals surface area contributed by atoms with Gasteiger partial charge in [-0.2, -0.15) is 0 Å². The average Bonchev–Trinajstić information content (AvgIpc) is 2.27. The largest absolute Gasteiger partial charge is 0.339 e. The van der Waals surface area contributed by atoms with Gasteiger partial charge in [0, 0.05) is 17.8 Å². The Hall–Kier alpha value is -0.220. The molecular formula is C12H24N2OS. The van der Waals surface area contributed by atoms with Crippen molar-refractivity contribution in [1.82, 2.24) is 4.90 Å². The summed E-state index contributed by atoms with van der Waals surface area (Å²) < 4.78 is 0. The highest BCUT2D eigenvalue weighted by atomic mass is 32.2. The minimum absolute atomic E-state index is 0.307. The molecule has 2 unspecified atom stereocenters. The van der Waals surface area contributed by atoms with Crippen molar-refractivity contribution < 1.29 is 4.79 Å². The summed E-state index contributed by atoms with van der Waals surface area (Å²) >= 11 is 1.73. The van der Waals surface area contributed by atoms with Crippen molar-refractivity contribution >= 4 is 17.7 Å². The number of piperidine rings is 1. The molecule has 0 radical (unpaired) electrons. The van der Waals surface area contributed by atoms with Gasteiger partial charge in [-0.25, -0.2) is 0 Å². The van der Waals surface area contributed by atoms with E-state index in [0.717, 1.165) is 19.4 Å². The summed E-state index contributed by atoms with van der Waals surface area (Å²) in [5, 5.41) is 0.494. The standard InChI is InChI=1S/C12H24N2OS/c1-10-5-3-4-8-14(10)12(15)9-16-11(2)6-7-13/h10-11H,3-9,13H2,1-2H3. The van der Waals surface area contributed by atoms with Gasteiger partial charge in [-0.15, -0.1) is 11.8 Å². The van der Waals surface area contributed by atoms with E-state index < -0.39 is 0 Å². The number of thioether (sulfide) groups is 1. The lowest BCUT2D eigenvalue weighted by Gasteiger charge is -2.33. The minimum Gasteiger partial charge on any atom is -0.339 e. The van der Waals surface area contributed by atoms with Crippen molar-refractivity contribution in [2.75, 3.05) is 18.8 Å². The van der Waals surface area contributed by atoms with Crippen LogP contribution < -0.4 is 5.73 Å². The van der Waals surface area contributed by atoms with Crippen LogP contribution in [0.1, 0.15) is 39.5 Å². The van der Waals surface area contributed by atoms with Crippen molar-refractivity contribution in [3.8, 4) is 0 Å². The summed E-state index contributed by atoms with van der Waals surface area (Å²) in [7, 11) is 0. The molecule has 1 aliphatic heterocycles. The van der Waals surface area contributed by atoms with Crippen molar-refractivity contribution in [3.63, 3.8) is 0 Å². The van der Waals surface area contributed by atoms with Gasteiger partial charge in [0.15, 0.2) is 0 Å². The third-order valence-corrected chi connectivity index (χ3v) is 4.41. The molecule has 0 aromatic rings. The molecule has 1 heterocycles. The molecule has 0 aliphatic carbocycles. The monoisotopic (exact) mass is 244 g/mol. The summed E-state index contributed by atoms with van der Waals surface area (Å²) in [5.74, 6) is 0.923. The summed E-state index contributed by atoms with van der Waals surface area (Å²) in [5.41, 5.74) is 5.49. The van der Waals surface area contributed by atoms with Crippen molar-refractivity contribution in [3.05, 3.63) is 0 Å². The SMILES string of the molecule is CC(CCN)SCC(=O)N1CCCCC1C. The summed E-state index contributed by atoms with van der Waals surface area (Å²) in [6.45, 7) is 5.96. The molecular weight excluding hydrogens is 220 g/mol. The molecule has 3 nitrogen and oxygen atoms in total. The molecule has 1 amide bonds. The van der Waals surface area contributed by atoms with E-state index in [4.69, 9.17) is 5.73 Å². The summed E-state index contributed by atoms with van der Waals surface area (Å²) in [6.07, 6.45) is 4.59. The van der Waals surface area contributed by atoms with E-state index in [0.29, 0.717) is 29.5 Å². The summed E-state index contributed by atoms with van der Waals surface area (Å²) in [4.78, 5) is 14.0. The van der Waals surface area contributed by atoms with E-state index in [-0.39, 0.29) is 0 Å². The fraction of sp³-hybridized carbons (Fsp3) is 0.917. The lowest BCUT2D eigenvalue weighted by atomic mass is 10.0. The molecule has 0 aromatic carbocycles. The molecule has 2 atom stereocenters. The maximum Gasteiger partial charge on any atom is 0.232 e. The number of carbonyl (C=O) groups is 1. The molecule has 1 rings (SSSR count). The topological polar surface area (TPSA) is 46.3 Å². The van der Waals surface area contributed by atoms with Gasteiger partial charge < -0.3 is 10.6 Å². The number of hydrogen-bond acceptors (Lipinski definition) is 3. The normalized spacial score (nSPS) is 23.2. The maximum absolute atomic E-state index is 12.0. The van der Waals surface area contributed by atoms with Crippen LogP contribution in [0.4, 0.5) is 0 Å². The molecule has 4 heteroatoms. The third kappa shape index (κ3) is 4.34. The Bertz CT molecular complexity index is 223. The first kappa shape index (κ1) is 13.8. The number of nitrogens with zero attached hydrogens (tertiary/aromatic N) is 1. The maximum atomic E-state index is 12.0.